The van der Waals surface area contributed by atoms with Crippen LogP contribution in [0.3, 0.4) is 0 Å². The monoisotopic (exact) mass is 287 g/mol. The Hall–Kier alpha value is -2.56. The second-order valence-electron chi connectivity index (χ2n) is 4.69. The molecule has 1 aliphatic rings. The Labute approximate surface area is 121 Å². The van der Waals surface area contributed by atoms with Gasteiger partial charge in [-0.15, -0.1) is 0 Å². The van der Waals surface area contributed by atoms with Crippen LogP contribution in [0.2, 0.25) is 0 Å². The lowest BCUT2D eigenvalue weighted by atomic mass is 10.2. The number of ether oxygens (including phenoxy) is 2. The van der Waals surface area contributed by atoms with Gasteiger partial charge in [0.25, 0.3) is 5.91 Å². The summed E-state index contributed by atoms with van der Waals surface area (Å²) in [4.78, 5) is 11.9. The first kappa shape index (κ1) is 13.4. The molecule has 0 unspecified atom stereocenters. The van der Waals surface area contributed by atoms with Crippen molar-refractivity contribution >= 4 is 5.91 Å². The van der Waals surface area contributed by atoms with Crippen molar-refractivity contribution in [2.75, 3.05) is 13.2 Å². The number of halogens is 1. The summed E-state index contributed by atoms with van der Waals surface area (Å²) >= 11 is 0. The summed E-state index contributed by atoms with van der Waals surface area (Å²) in [7, 11) is 0. The van der Waals surface area contributed by atoms with Gasteiger partial charge >= 0.3 is 0 Å². The number of nitrogens with one attached hydrogen (secondary N) is 1. The molecule has 0 aliphatic carbocycles. The first-order valence-corrected chi connectivity index (χ1v) is 6.65. The molecule has 0 saturated heterocycles. The molecule has 1 heterocycles. The topological polar surface area (TPSA) is 47.6 Å². The third-order valence-electron chi connectivity index (χ3n) is 3.18. The normalized spacial score (nSPS) is 16.3. The number of fused-ring (bicyclic) bond motifs is 1. The zero-order valence-corrected chi connectivity index (χ0v) is 11.2. The van der Waals surface area contributed by atoms with Gasteiger partial charge in [0.1, 0.15) is 18.5 Å². The largest absolute Gasteiger partial charge is 0.486 e. The summed E-state index contributed by atoms with van der Waals surface area (Å²) in [6.45, 7) is 0.593. The number of hydrogen-bond acceptors (Lipinski definition) is 3. The molecule has 0 fully saturated rings. The maximum Gasteiger partial charge on any atom is 0.254 e. The van der Waals surface area contributed by atoms with Crippen LogP contribution in [0, 0.1) is 5.82 Å². The van der Waals surface area contributed by atoms with E-state index < -0.39 is 11.7 Å². The predicted molar refractivity (Wildman–Crippen MR) is 75.1 cm³/mol. The van der Waals surface area contributed by atoms with Crippen LogP contribution in [0.4, 0.5) is 4.39 Å². The molecule has 0 bridgehead atoms. The zero-order chi connectivity index (χ0) is 14.7. The maximum atomic E-state index is 13.5. The van der Waals surface area contributed by atoms with Crippen molar-refractivity contribution in [2.45, 2.75) is 6.10 Å². The molecule has 2 aromatic rings. The highest BCUT2D eigenvalue weighted by atomic mass is 19.1. The fourth-order valence-corrected chi connectivity index (χ4v) is 2.11. The van der Waals surface area contributed by atoms with Crippen molar-refractivity contribution in [1.29, 1.82) is 0 Å². The maximum absolute atomic E-state index is 13.5. The van der Waals surface area contributed by atoms with Gasteiger partial charge in [-0.1, -0.05) is 24.3 Å². The van der Waals surface area contributed by atoms with Gasteiger partial charge in [-0.2, -0.15) is 0 Å². The van der Waals surface area contributed by atoms with E-state index in [9.17, 15) is 9.18 Å². The molecular weight excluding hydrogens is 273 g/mol. The Balaban J connectivity index is 1.59. The van der Waals surface area contributed by atoms with Crippen LogP contribution in [0.25, 0.3) is 0 Å². The van der Waals surface area contributed by atoms with Crippen molar-refractivity contribution in [1.82, 2.24) is 5.32 Å². The molecule has 0 spiro atoms. The Morgan fingerprint density at radius 1 is 1.14 bits per heavy atom. The zero-order valence-electron chi connectivity index (χ0n) is 11.2. The van der Waals surface area contributed by atoms with Gasteiger partial charge in [0.2, 0.25) is 0 Å². The van der Waals surface area contributed by atoms with Crippen molar-refractivity contribution in [3.63, 3.8) is 0 Å². The molecule has 2 aromatic carbocycles. The number of hydrogen-bond donors (Lipinski definition) is 1. The average molecular weight is 287 g/mol. The molecule has 1 aliphatic heterocycles. The van der Waals surface area contributed by atoms with Crippen LogP contribution in [-0.2, 0) is 0 Å². The first-order chi connectivity index (χ1) is 10.2. The Morgan fingerprint density at radius 3 is 2.67 bits per heavy atom. The van der Waals surface area contributed by atoms with E-state index in [1.807, 2.05) is 18.2 Å². The molecule has 1 amide bonds. The van der Waals surface area contributed by atoms with Gasteiger partial charge in [0.15, 0.2) is 11.5 Å². The van der Waals surface area contributed by atoms with E-state index in [4.69, 9.17) is 9.47 Å². The van der Waals surface area contributed by atoms with E-state index in [2.05, 4.69) is 5.32 Å². The van der Waals surface area contributed by atoms with E-state index in [1.165, 1.54) is 12.1 Å². The predicted octanol–water partition coefficient (Wildman–Crippen LogP) is 2.40. The number of para-hydroxylation sites is 2. The van der Waals surface area contributed by atoms with Crippen LogP contribution in [-0.4, -0.2) is 25.2 Å². The molecule has 5 heteroatoms. The van der Waals surface area contributed by atoms with E-state index in [-0.39, 0.29) is 18.2 Å². The minimum Gasteiger partial charge on any atom is -0.486 e. The molecule has 3 rings (SSSR count). The van der Waals surface area contributed by atoms with E-state index in [0.717, 1.165) is 0 Å². The lowest BCUT2D eigenvalue weighted by Crippen LogP contribution is -2.40. The van der Waals surface area contributed by atoms with Crippen LogP contribution in [0.5, 0.6) is 11.5 Å². The molecule has 4 nitrogen and oxygen atoms in total. The van der Waals surface area contributed by atoms with Crippen molar-refractivity contribution < 1.29 is 18.7 Å². The smallest absolute Gasteiger partial charge is 0.254 e. The highest BCUT2D eigenvalue weighted by molar-refractivity contribution is 5.94. The standard InChI is InChI=1S/C16H14FNO3/c17-13-6-2-1-5-12(13)16(19)18-9-11-10-20-14-7-3-4-8-15(14)21-11/h1-8,11H,9-10H2,(H,18,19)/t11-/m1/s1. The van der Waals surface area contributed by atoms with Gasteiger partial charge in [-0.3, -0.25) is 4.79 Å². The van der Waals surface area contributed by atoms with Gasteiger partial charge in [0, 0.05) is 0 Å². The molecule has 0 saturated carbocycles. The molecule has 0 radical (unpaired) electrons. The minimum atomic E-state index is -0.541. The highest BCUT2D eigenvalue weighted by Gasteiger charge is 2.21. The number of carbonyl (C=O) groups excluding carboxylic acids is 1. The van der Waals surface area contributed by atoms with Crippen LogP contribution in [0.15, 0.2) is 48.5 Å². The fraction of sp³-hybridized carbons (Fsp3) is 0.188. The summed E-state index contributed by atoms with van der Waals surface area (Å²) in [6.07, 6.45) is -0.296. The number of rotatable bonds is 3. The number of amides is 1. The van der Waals surface area contributed by atoms with Crippen LogP contribution < -0.4 is 14.8 Å². The van der Waals surface area contributed by atoms with E-state index in [1.54, 1.807) is 18.2 Å². The van der Waals surface area contributed by atoms with E-state index in [0.29, 0.717) is 18.1 Å². The lowest BCUT2D eigenvalue weighted by molar-refractivity contribution is 0.0787. The molecule has 1 N–H and O–H groups in total. The summed E-state index contributed by atoms with van der Waals surface area (Å²) < 4.78 is 24.7. The van der Waals surface area contributed by atoms with Gasteiger partial charge in [0.05, 0.1) is 12.1 Å². The molecule has 21 heavy (non-hydrogen) atoms. The Morgan fingerprint density at radius 2 is 1.86 bits per heavy atom. The molecule has 108 valence electrons. The second kappa shape index (κ2) is 5.83. The Kier molecular flexibility index (Phi) is 3.73. The molecule has 1 atom stereocenters. The minimum absolute atomic E-state index is 0.0228. The quantitative estimate of drug-likeness (QED) is 0.943. The second-order valence-corrected chi connectivity index (χ2v) is 4.69. The van der Waals surface area contributed by atoms with Gasteiger partial charge in [-0.25, -0.2) is 4.39 Å². The third kappa shape index (κ3) is 2.97. The third-order valence-corrected chi connectivity index (χ3v) is 3.18. The van der Waals surface area contributed by atoms with Gasteiger partial charge < -0.3 is 14.8 Å². The number of benzene rings is 2. The Bertz CT molecular complexity index is 659. The van der Waals surface area contributed by atoms with Crippen molar-refractivity contribution in [3.05, 3.63) is 59.9 Å². The molecular formula is C16H14FNO3. The van der Waals surface area contributed by atoms with Crippen molar-refractivity contribution in [2.24, 2.45) is 0 Å². The fourth-order valence-electron chi connectivity index (χ4n) is 2.11. The summed E-state index contributed by atoms with van der Waals surface area (Å²) in [5.41, 5.74) is 0.0228. The average Bonchev–Trinajstić information content (AvgIpc) is 2.53. The van der Waals surface area contributed by atoms with Crippen LogP contribution in [0.1, 0.15) is 10.4 Å². The lowest BCUT2D eigenvalue weighted by Gasteiger charge is -2.26. The molecule has 0 aromatic heterocycles. The summed E-state index contributed by atoms with van der Waals surface area (Å²) in [5.74, 6) is 0.333. The highest BCUT2D eigenvalue weighted by Crippen LogP contribution is 2.30. The summed E-state index contributed by atoms with van der Waals surface area (Å²) in [5, 5.41) is 2.66. The van der Waals surface area contributed by atoms with E-state index >= 15 is 0 Å². The summed E-state index contributed by atoms with van der Waals surface area (Å²) in [6, 6.07) is 13.2. The van der Waals surface area contributed by atoms with Crippen molar-refractivity contribution in [3.8, 4) is 11.5 Å². The number of carbonyl (C=O) groups is 1. The van der Waals surface area contributed by atoms with Crippen LogP contribution >= 0.6 is 0 Å². The first-order valence-electron chi connectivity index (χ1n) is 6.65. The SMILES string of the molecule is O=C(NC[C@@H]1COc2ccccc2O1)c1ccccc1F. The van der Waals surface area contributed by atoms with Gasteiger partial charge in [-0.05, 0) is 24.3 Å².